The van der Waals surface area contributed by atoms with Crippen LogP contribution in [0.2, 0.25) is 0 Å². The molecule has 0 aromatic rings. The van der Waals surface area contributed by atoms with Crippen molar-refractivity contribution >= 4 is 0 Å². The average molecular weight is 267 g/mol. The van der Waals surface area contributed by atoms with Crippen LogP contribution in [0.3, 0.4) is 0 Å². The molecule has 0 atom stereocenters. The molecule has 0 unspecified atom stereocenters. The fourth-order valence-electron chi connectivity index (χ4n) is 0. The summed E-state index contributed by atoms with van der Waals surface area (Å²) in [7, 11) is 0. The molecule has 7 heavy (non-hydrogen) atoms. The summed E-state index contributed by atoms with van der Waals surface area (Å²) in [6, 6.07) is 0. The number of rotatable bonds is 0. The first-order valence-corrected chi connectivity index (χ1v) is 2.96. The summed E-state index contributed by atoms with van der Waals surface area (Å²) in [4.78, 5) is 0. The van der Waals surface area contributed by atoms with Gasteiger partial charge in [-0.25, -0.2) is 0 Å². The topological polar surface area (TPSA) is 108 Å². The summed E-state index contributed by atoms with van der Waals surface area (Å²) >= 11 is -4.11. The molecule has 0 heterocycles. The zero-order valence-electron chi connectivity index (χ0n) is 2.95. The van der Waals surface area contributed by atoms with Crippen molar-refractivity contribution in [2.24, 2.45) is 0 Å². The maximum absolute atomic E-state index is 8.59. The number of hydrogen-bond acceptors (Lipinski definition) is 3. The Hall–Kier alpha value is 0.891. The smallest absolute Gasteiger partial charge is 4.00 e. The fourth-order valence-corrected chi connectivity index (χ4v) is 0. The van der Waals surface area contributed by atoms with E-state index in [-0.39, 0.29) is 37.2 Å². The van der Waals surface area contributed by atoms with Crippen LogP contribution in [0.25, 0.3) is 0 Å². The molecule has 0 bridgehead atoms. The number of hydrogen-bond donors (Lipinski definition) is 0. The molecule has 0 aromatic carbocycles. The van der Waals surface area contributed by atoms with E-state index in [1.165, 1.54) is 0 Å². The zero-order valence-corrected chi connectivity index (χ0v) is 7.41. The molecule has 0 rings (SSSR count). The van der Waals surface area contributed by atoms with Crippen LogP contribution in [0.15, 0.2) is 0 Å². The van der Waals surface area contributed by atoms with E-state index in [0.717, 1.165) is 0 Å². The molecule has 0 amide bonds. The van der Waals surface area contributed by atoms with Crippen LogP contribution in [0.4, 0.5) is 0 Å². The van der Waals surface area contributed by atoms with Crippen molar-refractivity contribution in [2.45, 2.75) is 0 Å². The monoisotopic (exact) mass is 268 g/mol. The Morgan fingerprint density at radius 3 is 0.857 bits per heavy atom. The molecule has 0 aliphatic rings. The van der Waals surface area contributed by atoms with Crippen molar-refractivity contribution in [3.05, 3.63) is 0 Å². The summed E-state index contributed by atoms with van der Waals surface area (Å²) < 4.78 is 25.8. The van der Waals surface area contributed by atoms with E-state index in [1.54, 1.807) is 0 Å². The first-order chi connectivity index (χ1) is 1.73. The molecule has 0 saturated carbocycles. The first-order valence-electron chi connectivity index (χ1n) is 0.500. The van der Waals surface area contributed by atoms with Crippen molar-refractivity contribution < 1.29 is 64.5 Å². The second-order valence-corrected chi connectivity index (χ2v) is 1.21. The Bertz CT molecular complexity index is 77.5. The standard InChI is InChI=1S/Mo.5O.Zr/q;;;;2*-2;+4. The van der Waals surface area contributed by atoms with E-state index in [2.05, 4.69) is 0 Å². The van der Waals surface area contributed by atoms with E-state index in [0.29, 0.717) is 0 Å². The Morgan fingerprint density at radius 2 is 0.857 bits per heavy atom. The van der Waals surface area contributed by atoms with Gasteiger partial charge >= 0.3 is 53.6 Å². The van der Waals surface area contributed by atoms with Gasteiger partial charge in [0.2, 0.25) is 0 Å². The SMILES string of the molecule is [O-2].[O-2].[O]=[Mo](=[O])=[O].[Zr+4]. The van der Waals surface area contributed by atoms with Crippen LogP contribution in [-0.4, -0.2) is 0 Å². The molecule has 0 saturated heterocycles. The second-order valence-electron chi connectivity index (χ2n) is 0.204. The summed E-state index contributed by atoms with van der Waals surface area (Å²) in [6.07, 6.45) is 0. The van der Waals surface area contributed by atoms with Gasteiger partial charge in [0.25, 0.3) is 0 Å². The van der Waals surface area contributed by atoms with Crippen LogP contribution in [0, 0.1) is 0 Å². The van der Waals surface area contributed by atoms with Crippen LogP contribution in [0.1, 0.15) is 0 Å². The largest absolute Gasteiger partial charge is 4.00 e. The third-order valence-electron chi connectivity index (χ3n) is 0. The van der Waals surface area contributed by atoms with Crippen molar-refractivity contribution in [2.75, 3.05) is 0 Å². The van der Waals surface area contributed by atoms with Crippen molar-refractivity contribution in [1.29, 1.82) is 0 Å². The summed E-state index contributed by atoms with van der Waals surface area (Å²) in [5.74, 6) is 0. The fraction of sp³-hybridized carbons (Fsp3) is 0. The van der Waals surface area contributed by atoms with Gasteiger partial charge < -0.3 is 11.0 Å². The first kappa shape index (κ1) is 24.7. The minimum absolute atomic E-state index is 0. The van der Waals surface area contributed by atoms with Gasteiger partial charge in [-0.3, -0.25) is 0 Å². The van der Waals surface area contributed by atoms with Crippen LogP contribution in [-0.2, 0) is 64.5 Å². The molecule has 0 aliphatic carbocycles. The van der Waals surface area contributed by atoms with Crippen LogP contribution < -0.4 is 0 Å². The van der Waals surface area contributed by atoms with E-state index in [9.17, 15) is 0 Å². The minimum Gasteiger partial charge on any atom is 4.00 e. The van der Waals surface area contributed by atoms with Gasteiger partial charge in [-0.05, 0) is 0 Å². The van der Waals surface area contributed by atoms with E-state index in [4.69, 9.17) is 10.2 Å². The molecule has 0 fully saturated rings. The summed E-state index contributed by atoms with van der Waals surface area (Å²) in [6.45, 7) is 0. The summed E-state index contributed by atoms with van der Waals surface area (Å²) in [5.41, 5.74) is 0. The van der Waals surface area contributed by atoms with E-state index < -0.39 is 17.2 Å². The van der Waals surface area contributed by atoms with Gasteiger partial charge in [0.1, 0.15) is 0 Å². The molecule has 0 radical (unpaired) electrons. The molecule has 5 nitrogen and oxygen atoms in total. The van der Waals surface area contributed by atoms with E-state index >= 15 is 0 Å². The molecule has 7 heteroatoms. The maximum atomic E-state index is 8.59. The van der Waals surface area contributed by atoms with Crippen molar-refractivity contribution in [1.82, 2.24) is 0 Å². The molecular weight excluding hydrogens is 267 g/mol. The van der Waals surface area contributed by atoms with Gasteiger partial charge in [-0.1, -0.05) is 0 Å². The maximum Gasteiger partial charge on any atom is 4.00 e. The molecule has 0 spiro atoms. The van der Waals surface area contributed by atoms with Crippen LogP contribution in [0.5, 0.6) is 0 Å². The average Bonchev–Trinajstić information content (AvgIpc) is 0.811. The molecule has 0 N–H and O–H groups in total. The quantitative estimate of drug-likeness (QED) is 0.546. The van der Waals surface area contributed by atoms with Crippen molar-refractivity contribution in [3.63, 3.8) is 0 Å². The predicted octanol–water partition coefficient (Wildman–Crippen LogP) is -0.599. The molecular formula is MoO5Zr. The Balaban J connectivity index is -0.0000000150. The molecule has 0 aromatic heterocycles. The van der Waals surface area contributed by atoms with Crippen molar-refractivity contribution in [3.8, 4) is 0 Å². The van der Waals surface area contributed by atoms with Gasteiger partial charge in [0.15, 0.2) is 0 Å². The third kappa shape index (κ3) is 207. The van der Waals surface area contributed by atoms with Gasteiger partial charge in [0.05, 0.1) is 0 Å². The molecule has 0 aliphatic heterocycles. The second kappa shape index (κ2) is 15.8. The molecule has 40 valence electrons. The Kier molecular flexibility index (Phi) is 55.8. The van der Waals surface area contributed by atoms with Gasteiger partial charge in [-0.2, -0.15) is 0 Å². The predicted molar refractivity (Wildman–Crippen MR) is 3.43 cm³/mol. The summed E-state index contributed by atoms with van der Waals surface area (Å²) in [5, 5.41) is 0. The normalized spacial score (nSPS) is 3.43. The van der Waals surface area contributed by atoms with Crippen LogP contribution >= 0.6 is 0 Å². The Labute approximate surface area is 64.3 Å². The minimum atomic E-state index is -4.11. The van der Waals surface area contributed by atoms with E-state index in [1.807, 2.05) is 0 Å². The third-order valence-corrected chi connectivity index (χ3v) is 0. The van der Waals surface area contributed by atoms with Gasteiger partial charge in [0, 0.05) is 0 Å². The van der Waals surface area contributed by atoms with Gasteiger partial charge in [-0.15, -0.1) is 0 Å². The Morgan fingerprint density at radius 1 is 0.857 bits per heavy atom. The zero-order chi connectivity index (χ0) is 3.58.